The van der Waals surface area contributed by atoms with E-state index < -0.39 is 17.1 Å². The lowest BCUT2D eigenvalue weighted by Gasteiger charge is -2.42. The number of ether oxygens (including phenoxy) is 3. The van der Waals surface area contributed by atoms with E-state index in [1.807, 2.05) is 45.0 Å². The summed E-state index contributed by atoms with van der Waals surface area (Å²) < 4.78 is 16.9. The molecule has 11 heteroatoms. The molecule has 0 saturated carbocycles. The molecule has 0 aliphatic carbocycles. The van der Waals surface area contributed by atoms with Crippen LogP contribution >= 0.6 is 15.9 Å². The maximum atomic E-state index is 13.8. The number of aromatic nitrogens is 2. The predicted octanol–water partition coefficient (Wildman–Crippen LogP) is 4.10. The van der Waals surface area contributed by atoms with Crippen LogP contribution in [0, 0.1) is 5.41 Å². The van der Waals surface area contributed by atoms with E-state index in [1.54, 1.807) is 23.1 Å². The molecular weight excluding hydrogens is 530 g/mol. The molecule has 2 aromatic rings. The first kappa shape index (κ1) is 26.0. The summed E-state index contributed by atoms with van der Waals surface area (Å²) in [6.45, 7) is 6.94. The Morgan fingerprint density at radius 3 is 2.56 bits per heavy atom. The highest BCUT2D eigenvalue weighted by atomic mass is 79.9. The molecule has 0 bridgehead atoms. The van der Waals surface area contributed by atoms with E-state index in [9.17, 15) is 9.59 Å². The van der Waals surface area contributed by atoms with E-state index in [-0.39, 0.29) is 17.9 Å². The average Bonchev–Trinajstić information content (AvgIpc) is 3.10. The number of nitrogens with zero attached hydrogens (tertiary/aromatic N) is 4. The summed E-state index contributed by atoms with van der Waals surface area (Å²) in [5.41, 5.74) is -0.235. The number of carbonyl (C=O) groups excluding carboxylic acids is 2. The van der Waals surface area contributed by atoms with Gasteiger partial charge in [-0.1, -0.05) is 6.07 Å². The zero-order valence-corrected chi connectivity index (χ0v) is 22.8. The van der Waals surface area contributed by atoms with E-state index in [2.05, 4.69) is 31.2 Å². The Morgan fingerprint density at radius 1 is 1.19 bits per heavy atom. The van der Waals surface area contributed by atoms with Gasteiger partial charge in [0, 0.05) is 36.8 Å². The average molecular weight is 562 g/mol. The van der Waals surface area contributed by atoms with Crippen LogP contribution in [0.5, 0.6) is 11.6 Å². The predicted molar refractivity (Wildman–Crippen MR) is 139 cm³/mol. The third kappa shape index (κ3) is 5.35. The fourth-order valence-corrected chi connectivity index (χ4v) is 5.04. The standard InChI is InChI=1S/C25H32BrN5O5/c1-24(2,3)36-23(33)30-11-9-25(10-12-30)15-31(22-27-14-18(26)20(29-22)35-5)21(32)19(25)28-16-7-6-8-17(13-16)34-4/h6-8,13-14,19,28H,9-12,15H2,1-5H3. The van der Waals surface area contributed by atoms with Gasteiger partial charge in [-0.15, -0.1) is 0 Å². The number of methoxy groups -OCH3 is 2. The number of rotatable bonds is 5. The van der Waals surface area contributed by atoms with Crippen LogP contribution in [0.15, 0.2) is 34.9 Å². The van der Waals surface area contributed by atoms with Gasteiger partial charge in [-0.25, -0.2) is 9.78 Å². The van der Waals surface area contributed by atoms with Crippen LogP contribution in [-0.2, 0) is 9.53 Å². The molecule has 1 aromatic carbocycles. The van der Waals surface area contributed by atoms with Crippen LogP contribution in [0.1, 0.15) is 33.6 Å². The Kier molecular flexibility index (Phi) is 7.31. The largest absolute Gasteiger partial charge is 0.497 e. The maximum Gasteiger partial charge on any atom is 0.410 e. The van der Waals surface area contributed by atoms with Crippen LogP contribution in [-0.4, -0.2) is 72.4 Å². The smallest absolute Gasteiger partial charge is 0.410 e. The molecular formula is C25H32BrN5O5. The first-order valence-electron chi connectivity index (χ1n) is 11.8. The first-order valence-corrected chi connectivity index (χ1v) is 12.6. The minimum absolute atomic E-state index is 0.132. The van der Waals surface area contributed by atoms with Gasteiger partial charge >= 0.3 is 6.09 Å². The second-order valence-corrected chi connectivity index (χ2v) is 10.9. The lowest BCUT2D eigenvalue weighted by atomic mass is 9.74. The Labute approximate surface area is 219 Å². The van der Waals surface area contributed by atoms with Gasteiger partial charge in [-0.3, -0.25) is 9.69 Å². The molecule has 194 valence electrons. The van der Waals surface area contributed by atoms with Crippen LogP contribution in [0.2, 0.25) is 0 Å². The summed E-state index contributed by atoms with van der Waals surface area (Å²) in [6.07, 6.45) is 2.47. The number of carbonyl (C=O) groups is 2. The van der Waals surface area contributed by atoms with Crippen molar-refractivity contribution in [1.82, 2.24) is 14.9 Å². The minimum Gasteiger partial charge on any atom is -0.497 e. The van der Waals surface area contributed by atoms with E-state index in [4.69, 9.17) is 14.2 Å². The van der Waals surface area contributed by atoms with E-state index in [0.29, 0.717) is 48.6 Å². The highest BCUT2D eigenvalue weighted by Gasteiger charge is 2.55. The molecule has 2 aliphatic heterocycles. The van der Waals surface area contributed by atoms with E-state index in [0.717, 1.165) is 5.69 Å². The van der Waals surface area contributed by atoms with Crippen molar-refractivity contribution in [3.05, 3.63) is 34.9 Å². The molecule has 2 amide bonds. The SMILES string of the molecule is COc1cccc(NC2C(=O)N(c3ncc(Br)c(OC)n3)CC23CCN(C(=O)OC(C)(C)C)CC3)c1. The molecule has 4 rings (SSSR count). The van der Waals surface area contributed by atoms with Crippen molar-refractivity contribution in [2.45, 2.75) is 45.3 Å². The number of halogens is 1. The number of benzene rings is 1. The van der Waals surface area contributed by atoms with Crippen molar-refractivity contribution >= 4 is 39.6 Å². The number of hydrogen-bond acceptors (Lipinski definition) is 8. The number of amides is 2. The number of likely N-dealkylation sites (tertiary alicyclic amines) is 1. The van der Waals surface area contributed by atoms with Crippen molar-refractivity contribution in [1.29, 1.82) is 0 Å². The summed E-state index contributed by atoms with van der Waals surface area (Å²) >= 11 is 3.37. The van der Waals surface area contributed by atoms with E-state index in [1.165, 1.54) is 7.11 Å². The number of anilines is 2. The van der Waals surface area contributed by atoms with Crippen molar-refractivity contribution in [3.63, 3.8) is 0 Å². The van der Waals surface area contributed by atoms with Gasteiger partial charge in [0.1, 0.15) is 17.4 Å². The normalized spacial score (nSPS) is 19.4. The summed E-state index contributed by atoms with van der Waals surface area (Å²) in [6, 6.07) is 6.95. The van der Waals surface area contributed by atoms with Gasteiger partial charge in [0.05, 0.1) is 24.9 Å². The van der Waals surface area contributed by atoms with E-state index >= 15 is 0 Å². The van der Waals surface area contributed by atoms with Crippen molar-refractivity contribution in [2.24, 2.45) is 5.41 Å². The molecule has 2 saturated heterocycles. The van der Waals surface area contributed by atoms with Gasteiger partial charge in [-0.05, 0) is 61.7 Å². The molecule has 2 aliphatic rings. The topological polar surface area (TPSA) is 106 Å². The maximum absolute atomic E-state index is 13.8. The third-order valence-electron chi connectivity index (χ3n) is 6.52. The molecule has 3 heterocycles. The molecule has 10 nitrogen and oxygen atoms in total. The quantitative estimate of drug-likeness (QED) is 0.581. The Morgan fingerprint density at radius 2 is 1.92 bits per heavy atom. The van der Waals surface area contributed by atoms with Gasteiger partial charge < -0.3 is 24.4 Å². The fourth-order valence-electron chi connectivity index (χ4n) is 4.69. The molecule has 2 fully saturated rings. The van der Waals surface area contributed by atoms with Crippen molar-refractivity contribution in [3.8, 4) is 11.6 Å². The zero-order valence-electron chi connectivity index (χ0n) is 21.2. The highest BCUT2D eigenvalue weighted by Crippen LogP contribution is 2.44. The van der Waals surface area contributed by atoms with Gasteiger partial charge in [0.2, 0.25) is 11.8 Å². The van der Waals surface area contributed by atoms with Crippen LogP contribution < -0.4 is 19.7 Å². The summed E-state index contributed by atoms with van der Waals surface area (Å²) in [5, 5.41) is 3.45. The Hall–Kier alpha value is -3.08. The first-order chi connectivity index (χ1) is 17.0. The number of piperidine rings is 1. The lowest BCUT2D eigenvalue weighted by Crippen LogP contribution is -2.51. The molecule has 1 N–H and O–H groups in total. The fraction of sp³-hybridized carbons (Fsp3) is 0.520. The molecule has 1 unspecified atom stereocenters. The van der Waals surface area contributed by atoms with Crippen molar-refractivity contribution in [2.75, 3.05) is 44.1 Å². The highest BCUT2D eigenvalue weighted by molar-refractivity contribution is 9.10. The van der Waals surface area contributed by atoms with Gasteiger partial charge in [0.15, 0.2) is 0 Å². The summed E-state index contributed by atoms with van der Waals surface area (Å²) in [7, 11) is 3.12. The van der Waals surface area contributed by atoms with Gasteiger partial charge in [0.25, 0.3) is 5.91 Å². The third-order valence-corrected chi connectivity index (χ3v) is 7.07. The lowest BCUT2D eigenvalue weighted by molar-refractivity contribution is -0.119. The zero-order chi connectivity index (χ0) is 26.1. The van der Waals surface area contributed by atoms with Crippen LogP contribution in [0.3, 0.4) is 0 Å². The molecule has 36 heavy (non-hydrogen) atoms. The van der Waals surface area contributed by atoms with Crippen LogP contribution in [0.4, 0.5) is 16.4 Å². The summed E-state index contributed by atoms with van der Waals surface area (Å²) in [5.74, 6) is 1.19. The monoisotopic (exact) mass is 561 g/mol. The molecule has 1 spiro atoms. The number of hydrogen-bond donors (Lipinski definition) is 1. The summed E-state index contributed by atoms with van der Waals surface area (Å²) in [4.78, 5) is 38.6. The second kappa shape index (κ2) is 10.1. The van der Waals surface area contributed by atoms with Crippen molar-refractivity contribution < 1.29 is 23.8 Å². The molecule has 1 aromatic heterocycles. The van der Waals surface area contributed by atoms with Gasteiger partial charge in [-0.2, -0.15) is 4.98 Å². The second-order valence-electron chi connectivity index (χ2n) is 10.1. The Balaban J connectivity index is 1.62. The Bertz CT molecular complexity index is 1130. The van der Waals surface area contributed by atoms with Crippen LogP contribution in [0.25, 0.3) is 0 Å². The molecule has 1 atom stereocenters. The molecule has 0 radical (unpaired) electrons. The number of nitrogens with one attached hydrogen (secondary N) is 1. The minimum atomic E-state index is -0.569.